The number of carboxylic acid groups (broad SMARTS) is 1. The molecule has 0 heterocycles. The van der Waals surface area contributed by atoms with Crippen molar-refractivity contribution >= 4 is 23.0 Å². The molecule has 0 saturated heterocycles. The van der Waals surface area contributed by atoms with Crippen LogP contribution in [0.3, 0.4) is 0 Å². The van der Waals surface area contributed by atoms with Crippen LogP contribution in [0.15, 0.2) is 72.0 Å². The molecule has 0 saturated carbocycles. The Bertz CT molecular complexity index is 1210. The molecule has 1 aliphatic rings. The number of carbonyl (C=O) groups is 2. The Labute approximate surface area is 196 Å². The van der Waals surface area contributed by atoms with Gasteiger partial charge in [-0.3, -0.25) is 25.0 Å². The van der Waals surface area contributed by atoms with Gasteiger partial charge in [0.15, 0.2) is 5.78 Å². The summed E-state index contributed by atoms with van der Waals surface area (Å²) in [6, 6.07) is 8.33. The normalized spacial score (nSPS) is 14.3. The molecule has 0 amide bonds. The molecule has 3 rings (SSSR count). The van der Waals surface area contributed by atoms with Gasteiger partial charge in [-0.25, -0.2) is 4.79 Å². The predicted octanol–water partition coefficient (Wildman–Crippen LogP) is -0.528. The van der Waals surface area contributed by atoms with Gasteiger partial charge in [-0.05, 0) is 29.8 Å². The van der Waals surface area contributed by atoms with Gasteiger partial charge < -0.3 is 10.2 Å². The number of rotatable bonds is 5. The third-order valence-corrected chi connectivity index (χ3v) is 4.30. The van der Waals surface area contributed by atoms with Crippen molar-refractivity contribution in [3.8, 4) is 5.75 Å². The first-order valence-corrected chi connectivity index (χ1v) is 8.32. The summed E-state index contributed by atoms with van der Waals surface area (Å²) in [6.07, 6.45) is 2.87. The molecule has 2 aromatic carbocycles. The van der Waals surface area contributed by atoms with Crippen LogP contribution in [0, 0.1) is 20.2 Å². The zero-order chi connectivity index (χ0) is 22.0. The van der Waals surface area contributed by atoms with Gasteiger partial charge in [0.25, 0.3) is 11.4 Å². The molecule has 0 atom stereocenters. The number of nitro benzene ring substituents is 1. The zero-order valence-electron chi connectivity index (χ0n) is 16.0. The maximum atomic E-state index is 11.8. The molecule has 1 aliphatic carbocycles. The summed E-state index contributed by atoms with van der Waals surface area (Å²) in [4.78, 5) is 44.9. The first kappa shape index (κ1) is 23.7. The van der Waals surface area contributed by atoms with Crippen LogP contribution in [-0.4, -0.2) is 26.7 Å². The largest absolute Gasteiger partial charge is 1.00 e. The molecule has 2 aromatic rings. The van der Waals surface area contributed by atoms with Crippen molar-refractivity contribution in [2.45, 2.75) is 0 Å². The van der Waals surface area contributed by atoms with E-state index in [0.717, 1.165) is 36.4 Å². The van der Waals surface area contributed by atoms with Gasteiger partial charge in [-0.15, -0.1) is 5.75 Å². The smallest absolute Gasteiger partial charge is 0.872 e. The van der Waals surface area contributed by atoms with Crippen LogP contribution in [0.4, 0.5) is 5.69 Å². The number of hydrogen-bond donors (Lipinski definition) is 1. The van der Waals surface area contributed by atoms with Gasteiger partial charge in [0.2, 0.25) is 0 Å². The Morgan fingerprint density at radius 1 is 0.903 bits per heavy atom. The number of carboxylic acids is 1. The maximum Gasteiger partial charge on any atom is 1.00 e. The van der Waals surface area contributed by atoms with Crippen LogP contribution < -0.4 is 34.7 Å². The quantitative estimate of drug-likeness (QED) is 0.376. The fraction of sp³-hybridized carbons (Fsp3) is 0. The van der Waals surface area contributed by atoms with Crippen molar-refractivity contribution in [3.63, 3.8) is 0 Å². The van der Waals surface area contributed by atoms with E-state index in [4.69, 9.17) is 0 Å². The van der Waals surface area contributed by atoms with E-state index >= 15 is 0 Å². The minimum Gasteiger partial charge on any atom is -0.872 e. The van der Waals surface area contributed by atoms with E-state index in [2.05, 4.69) is 0 Å². The molecule has 0 bridgehead atoms. The van der Waals surface area contributed by atoms with E-state index in [-0.39, 0.29) is 57.4 Å². The third-order valence-electron chi connectivity index (χ3n) is 4.30. The first-order valence-electron chi connectivity index (χ1n) is 8.32. The molecule has 1 N–H and O–H groups in total. The van der Waals surface area contributed by atoms with Gasteiger partial charge in [-0.1, -0.05) is 24.3 Å². The summed E-state index contributed by atoms with van der Waals surface area (Å²) in [5, 5.41) is 44.4. The Balaban J connectivity index is 0.00000341. The summed E-state index contributed by atoms with van der Waals surface area (Å²) >= 11 is 0. The molecule has 0 aromatic heterocycles. The van der Waals surface area contributed by atoms with Crippen molar-refractivity contribution in [2.24, 2.45) is 0 Å². The van der Waals surface area contributed by atoms with E-state index in [9.17, 15) is 40.0 Å². The Kier molecular flexibility index (Phi) is 7.24. The summed E-state index contributed by atoms with van der Waals surface area (Å²) < 4.78 is 0. The SMILES string of the molecule is O=C1C=C/C(=C(\c2ccccc2C(=O)O)c2ccc([O-])cc2[N+](=O)[O-])C([N+](=O)[O-])=C1.[Na+]. The summed E-state index contributed by atoms with van der Waals surface area (Å²) in [5.74, 6) is -2.70. The van der Waals surface area contributed by atoms with Crippen molar-refractivity contribution in [1.82, 2.24) is 0 Å². The van der Waals surface area contributed by atoms with Gasteiger partial charge in [0, 0.05) is 11.6 Å². The molecule has 11 heteroatoms. The standard InChI is InChI=1S/C20H12N2O8.Na/c23-11-5-7-15(17(9-11)21(27)28)19(13-3-1-2-4-14(13)20(25)26)16-8-6-12(24)10-18(16)22(29)30;/h1-10,23H,(H,25,26);/q;+1/p-1/b19-16-;. The molecule has 10 nitrogen and oxygen atoms in total. The Morgan fingerprint density at radius 2 is 1.55 bits per heavy atom. The fourth-order valence-corrected chi connectivity index (χ4v) is 3.07. The van der Waals surface area contributed by atoms with Crippen molar-refractivity contribution in [3.05, 3.63) is 109 Å². The van der Waals surface area contributed by atoms with Gasteiger partial charge in [0.05, 0.1) is 32.6 Å². The number of allylic oxidation sites excluding steroid dienone is 3. The predicted molar refractivity (Wildman–Crippen MR) is 101 cm³/mol. The van der Waals surface area contributed by atoms with Gasteiger partial charge >= 0.3 is 35.5 Å². The molecule has 0 unspecified atom stereocenters. The second-order valence-corrected chi connectivity index (χ2v) is 6.10. The Hall–Kier alpha value is -3.60. The molecule has 0 spiro atoms. The summed E-state index contributed by atoms with van der Waals surface area (Å²) in [6.45, 7) is 0. The number of nitrogens with zero attached hydrogens (tertiary/aromatic N) is 2. The number of carbonyl (C=O) groups excluding carboxylic acids is 1. The number of hydrogen-bond acceptors (Lipinski definition) is 7. The van der Waals surface area contributed by atoms with E-state index in [0.29, 0.717) is 0 Å². The molecule has 0 fully saturated rings. The van der Waals surface area contributed by atoms with Crippen molar-refractivity contribution in [1.29, 1.82) is 0 Å². The first-order chi connectivity index (χ1) is 14.2. The molecular formula is C20H11N2NaO8. The van der Waals surface area contributed by atoms with Crippen LogP contribution in [0.2, 0.25) is 0 Å². The molecule has 0 radical (unpaired) electrons. The van der Waals surface area contributed by atoms with Gasteiger partial charge in [0.1, 0.15) is 0 Å². The van der Waals surface area contributed by atoms with E-state index in [1.165, 1.54) is 24.3 Å². The van der Waals surface area contributed by atoms with Crippen LogP contribution in [0.1, 0.15) is 21.5 Å². The monoisotopic (exact) mass is 430 g/mol. The molecule has 31 heavy (non-hydrogen) atoms. The number of ketones is 1. The topological polar surface area (TPSA) is 164 Å². The van der Waals surface area contributed by atoms with Crippen LogP contribution in [0.5, 0.6) is 5.75 Å². The van der Waals surface area contributed by atoms with Crippen LogP contribution >= 0.6 is 0 Å². The maximum absolute atomic E-state index is 11.8. The van der Waals surface area contributed by atoms with E-state index in [1.54, 1.807) is 0 Å². The van der Waals surface area contributed by atoms with Crippen LogP contribution in [0.25, 0.3) is 5.57 Å². The van der Waals surface area contributed by atoms with Crippen molar-refractivity contribution < 1.29 is 59.2 Å². The molecule has 0 aliphatic heterocycles. The number of nitro groups is 2. The average molecular weight is 430 g/mol. The summed E-state index contributed by atoms with van der Waals surface area (Å²) in [5.41, 5.74) is -2.19. The van der Waals surface area contributed by atoms with Crippen molar-refractivity contribution in [2.75, 3.05) is 0 Å². The third kappa shape index (κ3) is 4.77. The van der Waals surface area contributed by atoms with Gasteiger partial charge in [-0.2, -0.15) is 0 Å². The number of aromatic carboxylic acids is 1. The molecular weight excluding hydrogens is 419 g/mol. The van der Waals surface area contributed by atoms with E-state index in [1.807, 2.05) is 0 Å². The average Bonchev–Trinajstić information content (AvgIpc) is 2.70. The summed E-state index contributed by atoms with van der Waals surface area (Å²) in [7, 11) is 0. The fourth-order valence-electron chi connectivity index (χ4n) is 3.07. The number of benzene rings is 2. The zero-order valence-corrected chi connectivity index (χ0v) is 18.0. The molecule has 150 valence electrons. The Morgan fingerprint density at radius 3 is 2.13 bits per heavy atom. The minimum absolute atomic E-state index is 0. The van der Waals surface area contributed by atoms with Crippen LogP contribution in [-0.2, 0) is 4.79 Å². The second kappa shape index (κ2) is 9.47. The minimum atomic E-state index is -1.37. The van der Waals surface area contributed by atoms with E-state index < -0.39 is 38.7 Å². The second-order valence-electron chi connectivity index (χ2n) is 6.10.